The highest BCUT2D eigenvalue weighted by atomic mass is 16.2. The number of hydrogen-bond donors (Lipinski definition) is 2. The number of benzene rings is 1. The van der Waals surface area contributed by atoms with Gasteiger partial charge in [0.2, 0.25) is 5.91 Å². The van der Waals surface area contributed by atoms with Crippen molar-refractivity contribution in [1.29, 1.82) is 0 Å². The molecule has 0 aromatic heterocycles. The van der Waals surface area contributed by atoms with Crippen molar-refractivity contribution in [3.8, 4) is 0 Å². The Morgan fingerprint density at radius 2 is 1.77 bits per heavy atom. The minimum absolute atomic E-state index is 0.0812. The molecule has 1 aliphatic rings. The summed E-state index contributed by atoms with van der Waals surface area (Å²) in [7, 11) is 0. The minimum Gasteiger partial charge on any atom is -0.353 e. The summed E-state index contributed by atoms with van der Waals surface area (Å²) in [5.41, 5.74) is 0.656. The summed E-state index contributed by atoms with van der Waals surface area (Å²) in [5.74, 6) is 0.817. The van der Waals surface area contributed by atoms with E-state index in [4.69, 9.17) is 0 Å². The Hall–Kier alpha value is -1.84. The van der Waals surface area contributed by atoms with Gasteiger partial charge in [-0.15, -0.1) is 0 Å². The van der Waals surface area contributed by atoms with Gasteiger partial charge in [-0.1, -0.05) is 25.1 Å². The van der Waals surface area contributed by atoms with Gasteiger partial charge in [-0.3, -0.25) is 9.59 Å². The second-order valence-electron chi connectivity index (χ2n) is 6.25. The zero-order valence-corrected chi connectivity index (χ0v) is 13.3. The van der Waals surface area contributed by atoms with E-state index in [0.717, 1.165) is 18.8 Å². The fraction of sp³-hybridized carbons (Fsp3) is 0.556. The normalized spacial score (nSPS) is 21.1. The lowest BCUT2D eigenvalue weighted by Gasteiger charge is -2.26. The Kier molecular flexibility index (Phi) is 6.44. The quantitative estimate of drug-likeness (QED) is 0.794. The van der Waals surface area contributed by atoms with Crippen LogP contribution in [0.4, 0.5) is 0 Å². The summed E-state index contributed by atoms with van der Waals surface area (Å²) in [4.78, 5) is 23.7. The topological polar surface area (TPSA) is 58.2 Å². The van der Waals surface area contributed by atoms with E-state index in [9.17, 15) is 9.59 Å². The molecule has 0 atom stereocenters. The predicted molar refractivity (Wildman–Crippen MR) is 87.6 cm³/mol. The van der Waals surface area contributed by atoms with Crippen LogP contribution < -0.4 is 10.6 Å². The largest absolute Gasteiger partial charge is 0.353 e. The monoisotopic (exact) mass is 302 g/mol. The number of rotatable bonds is 6. The lowest BCUT2D eigenvalue weighted by Crippen LogP contribution is -2.37. The van der Waals surface area contributed by atoms with Gasteiger partial charge in [-0.05, 0) is 50.2 Å². The number of nitrogens with one attached hydrogen (secondary N) is 2. The summed E-state index contributed by atoms with van der Waals surface area (Å²) in [6.45, 7) is 2.80. The first-order chi connectivity index (χ1) is 10.6. The molecule has 0 aliphatic heterocycles. The van der Waals surface area contributed by atoms with E-state index in [1.807, 2.05) is 18.2 Å². The van der Waals surface area contributed by atoms with Crippen molar-refractivity contribution in [3.63, 3.8) is 0 Å². The molecule has 1 aromatic rings. The van der Waals surface area contributed by atoms with E-state index in [0.29, 0.717) is 31.0 Å². The molecule has 0 heterocycles. The van der Waals surface area contributed by atoms with Crippen LogP contribution in [0.15, 0.2) is 30.3 Å². The Morgan fingerprint density at radius 3 is 2.45 bits per heavy atom. The van der Waals surface area contributed by atoms with Gasteiger partial charge in [0.1, 0.15) is 0 Å². The van der Waals surface area contributed by atoms with Crippen LogP contribution in [0, 0.1) is 5.92 Å². The summed E-state index contributed by atoms with van der Waals surface area (Å²) in [5, 5.41) is 5.95. The lowest BCUT2D eigenvalue weighted by atomic mass is 9.87. The van der Waals surface area contributed by atoms with Gasteiger partial charge in [0.15, 0.2) is 0 Å². The van der Waals surface area contributed by atoms with E-state index in [1.165, 1.54) is 12.8 Å². The summed E-state index contributed by atoms with van der Waals surface area (Å²) >= 11 is 0. The van der Waals surface area contributed by atoms with Crippen molar-refractivity contribution >= 4 is 11.8 Å². The van der Waals surface area contributed by atoms with Crippen LogP contribution in [0.3, 0.4) is 0 Å². The molecule has 0 unspecified atom stereocenters. The first kappa shape index (κ1) is 16.5. The fourth-order valence-electron chi connectivity index (χ4n) is 2.85. The fourth-order valence-corrected chi connectivity index (χ4v) is 2.85. The van der Waals surface area contributed by atoms with Crippen LogP contribution in [0.1, 0.15) is 55.8 Å². The zero-order valence-electron chi connectivity index (χ0n) is 13.3. The molecule has 0 spiro atoms. The molecule has 4 nitrogen and oxygen atoms in total. The number of hydrogen-bond acceptors (Lipinski definition) is 2. The molecule has 22 heavy (non-hydrogen) atoms. The van der Waals surface area contributed by atoms with Crippen LogP contribution in [0.5, 0.6) is 0 Å². The summed E-state index contributed by atoms with van der Waals surface area (Å²) in [6, 6.07) is 9.48. The van der Waals surface area contributed by atoms with Gasteiger partial charge >= 0.3 is 0 Å². The predicted octanol–water partition coefficient (Wildman–Crippen LogP) is 2.89. The first-order valence-electron chi connectivity index (χ1n) is 8.28. The smallest absolute Gasteiger partial charge is 0.251 e. The van der Waals surface area contributed by atoms with E-state index in [-0.39, 0.29) is 11.8 Å². The average molecular weight is 302 g/mol. The molecule has 1 aliphatic carbocycles. The second-order valence-corrected chi connectivity index (χ2v) is 6.25. The highest BCUT2D eigenvalue weighted by Crippen LogP contribution is 2.23. The molecule has 2 rings (SSSR count). The van der Waals surface area contributed by atoms with Crippen LogP contribution in [-0.2, 0) is 4.79 Å². The summed E-state index contributed by atoms with van der Waals surface area (Å²) < 4.78 is 0. The third-order valence-electron chi connectivity index (χ3n) is 4.28. The maximum Gasteiger partial charge on any atom is 0.251 e. The van der Waals surface area contributed by atoms with Crippen LogP contribution in [-0.4, -0.2) is 24.4 Å². The molecule has 2 amide bonds. The Bertz CT molecular complexity index is 479. The second kappa shape index (κ2) is 8.57. The number of carbonyl (C=O) groups excluding carboxylic acids is 2. The van der Waals surface area contributed by atoms with Gasteiger partial charge in [0, 0.05) is 24.6 Å². The maximum absolute atomic E-state index is 11.9. The van der Waals surface area contributed by atoms with Gasteiger partial charge < -0.3 is 10.6 Å². The molecular weight excluding hydrogens is 276 g/mol. The van der Waals surface area contributed by atoms with E-state index >= 15 is 0 Å². The standard InChI is InChI=1S/C18H26N2O2/c1-14-9-11-16(12-10-14)20-17(21)8-5-13-19-18(22)15-6-3-2-4-7-15/h2-4,6-7,14,16H,5,8-13H2,1H3,(H,19,22)(H,20,21). The van der Waals surface area contributed by atoms with E-state index < -0.39 is 0 Å². The maximum atomic E-state index is 11.9. The van der Waals surface area contributed by atoms with Gasteiger partial charge in [0.25, 0.3) is 5.91 Å². The molecule has 1 fully saturated rings. The van der Waals surface area contributed by atoms with Crippen molar-refractivity contribution in [1.82, 2.24) is 10.6 Å². The van der Waals surface area contributed by atoms with Crippen molar-refractivity contribution in [2.75, 3.05) is 6.54 Å². The SMILES string of the molecule is CC1CCC(NC(=O)CCCNC(=O)c2ccccc2)CC1. The molecule has 120 valence electrons. The molecule has 2 N–H and O–H groups in total. The van der Waals surface area contributed by atoms with Gasteiger partial charge in [0.05, 0.1) is 0 Å². The average Bonchev–Trinajstić information content (AvgIpc) is 2.54. The van der Waals surface area contributed by atoms with Gasteiger partial charge in [-0.25, -0.2) is 0 Å². The molecule has 4 heteroatoms. The molecule has 0 radical (unpaired) electrons. The molecular formula is C18H26N2O2. The lowest BCUT2D eigenvalue weighted by molar-refractivity contribution is -0.122. The Balaban J connectivity index is 1.58. The van der Waals surface area contributed by atoms with Crippen LogP contribution in [0.25, 0.3) is 0 Å². The van der Waals surface area contributed by atoms with Crippen molar-refractivity contribution in [3.05, 3.63) is 35.9 Å². The minimum atomic E-state index is -0.0812. The van der Waals surface area contributed by atoms with Gasteiger partial charge in [-0.2, -0.15) is 0 Å². The zero-order chi connectivity index (χ0) is 15.8. The molecule has 1 saturated carbocycles. The van der Waals surface area contributed by atoms with Crippen molar-refractivity contribution in [2.24, 2.45) is 5.92 Å². The first-order valence-corrected chi connectivity index (χ1v) is 8.28. The Morgan fingerprint density at radius 1 is 1.09 bits per heavy atom. The number of carbonyl (C=O) groups is 2. The van der Waals surface area contributed by atoms with Crippen molar-refractivity contribution in [2.45, 2.75) is 51.5 Å². The van der Waals surface area contributed by atoms with Crippen molar-refractivity contribution < 1.29 is 9.59 Å². The van der Waals surface area contributed by atoms with E-state index in [2.05, 4.69) is 17.6 Å². The summed E-state index contributed by atoms with van der Waals surface area (Å²) in [6.07, 6.45) is 5.75. The highest BCUT2D eigenvalue weighted by molar-refractivity contribution is 5.94. The third kappa shape index (κ3) is 5.51. The van der Waals surface area contributed by atoms with Crippen LogP contribution in [0.2, 0.25) is 0 Å². The number of amides is 2. The molecule has 0 bridgehead atoms. The Labute approximate surface area is 132 Å². The highest BCUT2D eigenvalue weighted by Gasteiger charge is 2.19. The molecule has 0 saturated heterocycles. The van der Waals surface area contributed by atoms with Crippen LogP contribution >= 0.6 is 0 Å². The molecule has 1 aromatic carbocycles. The third-order valence-corrected chi connectivity index (χ3v) is 4.28. The van der Waals surface area contributed by atoms with E-state index in [1.54, 1.807) is 12.1 Å².